The van der Waals surface area contributed by atoms with Gasteiger partial charge in [-0.15, -0.1) is 12.6 Å². The molecule has 1 aliphatic heterocycles. The Hall–Kier alpha value is -1.83. The number of carbonyl (C=O) groups is 2. The molecule has 1 aliphatic rings. The zero-order valence-corrected chi connectivity index (χ0v) is 16.3. The van der Waals surface area contributed by atoms with Gasteiger partial charge in [-0.2, -0.15) is 0 Å². The third kappa shape index (κ3) is 4.28. The van der Waals surface area contributed by atoms with Gasteiger partial charge in [0.15, 0.2) is 0 Å². The van der Waals surface area contributed by atoms with E-state index in [1.54, 1.807) is 36.4 Å². The van der Waals surface area contributed by atoms with Crippen molar-refractivity contribution in [2.45, 2.75) is 18.1 Å². The van der Waals surface area contributed by atoms with Crippen LogP contribution in [0.2, 0.25) is 5.02 Å². The van der Waals surface area contributed by atoms with E-state index in [4.69, 9.17) is 20.8 Å². The van der Waals surface area contributed by atoms with E-state index in [0.29, 0.717) is 33.6 Å². The minimum Gasteiger partial charge on any atom is -0.462 e. The Morgan fingerprint density at radius 3 is 2.92 bits per heavy atom. The predicted octanol–water partition coefficient (Wildman–Crippen LogP) is 4.58. The van der Waals surface area contributed by atoms with Gasteiger partial charge in [-0.05, 0) is 36.8 Å². The lowest BCUT2D eigenvalue weighted by Gasteiger charge is -2.06. The number of nitrogens with one attached hydrogen (secondary N) is 1. The highest BCUT2D eigenvalue weighted by Crippen LogP contribution is 2.33. The van der Waals surface area contributed by atoms with Crippen LogP contribution < -0.4 is 5.32 Å². The summed E-state index contributed by atoms with van der Waals surface area (Å²) in [4.78, 5) is 24.4. The van der Waals surface area contributed by atoms with Gasteiger partial charge in [-0.25, -0.2) is 4.79 Å². The second kappa shape index (κ2) is 8.24. The molecule has 1 unspecified atom stereocenters. The molecule has 1 amide bonds. The normalized spacial score (nSPS) is 18.2. The maximum Gasteiger partial charge on any atom is 0.339 e. The molecule has 0 spiro atoms. The van der Waals surface area contributed by atoms with E-state index in [1.807, 2.05) is 6.92 Å². The van der Waals surface area contributed by atoms with Crippen LogP contribution in [0.15, 0.2) is 39.7 Å². The van der Waals surface area contributed by atoms with E-state index in [0.717, 1.165) is 6.42 Å². The number of carbonyl (C=O) groups excluding carboxylic acids is 2. The van der Waals surface area contributed by atoms with E-state index < -0.39 is 5.97 Å². The molecular weight excluding hydrogens is 394 g/mol. The first-order chi connectivity index (χ1) is 12.5. The molecule has 136 valence electrons. The molecule has 2 aromatic rings. The standard InChI is InChI=1S/C18H16ClNO4S2/c1-2-7-23-17(22)12-8-10(3-5-13(12)19)14-6-4-11(24-14)9-15-16(21)20-18(25)26-15/h3-6,8-9,18,25H,2,7H2,1H3,(H,20,21)/b15-9-. The number of amides is 1. The first-order valence-electron chi connectivity index (χ1n) is 7.92. The smallest absolute Gasteiger partial charge is 0.339 e. The summed E-state index contributed by atoms with van der Waals surface area (Å²) in [7, 11) is 0. The van der Waals surface area contributed by atoms with Crippen LogP contribution in [0.1, 0.15) is 29.5 Å². The van der Waals surface area contributed by atoms with Gasteiger partial charge in [0.25, 0.3) is 5.91 Å². The van der Waals surface area contributed by atoms with Crippen molar-refractivity contribution in [3.63, 3.8) is 0 Å². The number of hydrogen-bond donors (Lipinski definition) is 2. The van der Waals surface area contributed by atoms with Crippen LogP contribution in [0.4, 0.5) is 0 Å². The average Bonchev–Trinajstić information content (AvgIpc) is 3.20. The van der Waals surface area contributed by atoms with Crippen molar-refractivity contribution >= 4 is 53.9 Å². The molecule has 1 aromatic carbocycles. The van der Waals surface area contributed by atoms with Gasteiger partial charge in [0, 0.05) is 11.6 Å². The molecule has 8 heteroatoms. The van der Waals surface area contributed by atoms with E-state index >= 15 is 0 Å². The Labute approximate surface area is 165 Å². The molecule has 0 bridgehead atoms. The van der Waals surface area contributed by atoms with Crippen LogP contribution in [-0.4, -0.2) is 23.2 Å². The minimum absolute atomic E-state index is 0.180. The molecule has 0 aliphatic carbocycles. The first kappa shape index (κ1) is 18.9. The van der Waals surface area contributed by atoms with Crippen molar-refractivity contribution in [2.75, 3.05) is 6.61 Å². The molecule has 2 heterocycles. The monoisotopic (exact) mass is 409 g/mol. The zero-order chi connectivity index (χ0) is 18.7. The molecule has 1 N–H and O–H groups in total. The molecule has 1 atom stereocenters. The van der Waals surface area contributed by atoms with Gasteiger partial charge in [0.1, 0.15) is 16.2 Å². The lowest BCUT2D eigenvalue weighted by Crippen LogP contribution is -2.19. The van der Waals surface area contributed by atoms with E-state index in [-0.39, 0.29) is 16.2 Å². The van der Waals surface area contributed by atoms with E-state index in [1.165, 1.54) is 11.8 Å². The second-order valence-corrected chi connectivity index (χ2v) is 7.90. The minimum atomic E-state index is -0.466. The zero-order valence-electron chi connectivity index (χ0n) is 13.8. The van der Waals surface area contributed by atoms with Crippen LogP contribution >= 0.6 is 36.0 Å². The molecule has 1 saturated heterocycles. The number of hydrogen-bond acceptors (Lipinski definition) is 6. The van der Waals surface area contributed by atoms with Gasteiger partial charge in [-0.1, -0.05) is 30.3 Å². The summed E-state index contributed by atoms with van der Waals surface area (Å²) in [6.45, 7) is 2.26. The molecule has 0 saturated carbocycles. The predicted molar refractivity (Wildman–Crippen MR) is 106 cm³/mol. The third-order valence-electron chi connectivity index (χ3n) is 3.53. The second-order valence-electron chi connectivity index (χ2n) is 5.48. The van der Waals surface area contributed by atoms with Crippen LogP contribution in [0, 0.1) is 0 Å². The molecular formula is C18H16ClNO4S2. The van der Waals surface area contributed by atoms with Crippen molar-refractivity contribution in [1.29, 1.82) is 0 Å². The van der Waals surface area contributed by atoms with Crippen LogP contribution in [0.25, 0.3) is 17.4 Å². The Morgan fingerprint density at radius 2 is 2.23 bits per heavy atom. The van der Waals surface area contributed by atoms with E-state index in [9.17, 15) is 9.59 Å². The lowest BCUT2D eigenvalue weighted by molar-refractivity contribution is -0.116. The van der Waals surface area contributed by atoms with Gasteiger partial charge in [-0.3, -0.25) is 4.79 Å². The summed E-state index contributed by atoms with van der Waals surface area (Å²) < 4.78 is 10.7. The third-order valence-corrected chi connectivity index (χ3v) is 5.20. The summed E-state index contributed by atoms with van der Waals surface area (Å²) in [5.74, 6) is 0.445. The maximum atomic E-state index is 12.1. The first-order valence-corrected chi connectivity index (χ1v) is 9.69. The van der Waals surface area contributed by atoms with Crippen molar-refractivity contribution in [3.05, 3.63) is 51.6 Å². The van der Waals surface area contributed by atoms with E-state index in [2.05, 4.69) is 17.9 Å². The molecule has 3 rings (SSSR count). The Bertz CT molecular complexity index is 878. The summed E-state index contributed by atoms with van der Waals surface area (Å²) in [6.07, 6.45) is 2.39. The van der Waals surface area contributed by atoms with Gasteiger partial charge in [0.05, 0.1) is 22.1 Å². The summed E-state index contributed by atoms with van der Waals surface area (Å²) in [6, 6.07) is 8.55. The summed E-state index contributed by atoms with van der Waals surface area (Å²) >= 11 is 11.6. The van der Waals surface area contributed by atoms with Crippen LogP contribution in [0.3, 0.4) is 0 Å². The molecule has 26 heavy (non-hydrogen) atoms. The van der Waals surface area contributed by atoms with Gasteiger partial charge in [0.2, 0.25) is 0 Å². The number of benzene rings is 1. The fraction of sp³-hybridized carbons (Fsp3) is 0.222. The number of thioether (sulfide) groups is 1. The summed E-state index contributed by atoms with van der Waals surface area (Å²) in [5.41, 5.74) is 0.982. The number of rotatable bonds is 5. The molecule has 0 radical (unpaired) electrons. The van der Waals surface area contributed by atoms with Crippen molar-refractivity contribution in [2.24, 2.45) is 0 Å². The number of halogens is 1. The lowest BCUT2D eigenvalue weighted by atomic mass is 10.1. The number of ether oxygens (including phenoxy) is 1. The van der Waals surface area contributed by atoms with Crippen molar-refractivity contribution < 1.29 is 18.7 Å². The quantitative estimate of drug-likeness (QED) is 0.429. The number of thiol groups is 1. The number of furan rings is 1. The highest BCUT2D eigenvalue weighted by atomic mass is 35.5. The maximum absolute atomic E-state index is 12.1. The highest BCUT2D eigenvalue weighted by Gasteiger charge is 2.24. The van der Waals surface area contributed by atoms with Gasteiger partial charge < -0.3 is 14.5 Å². The van der Waals surface area contributed by atoms with Crippen molar-refractivity contribution in [3.8, 4) is 11.3 Å². The fourth-order valence-corrected chi connectivity index (χ4v) is 3.72. The van der Waals surface area contributed by atoms with Crippen LogP contribution in [-0.2, 0) is 9.53 Å². The Morgan fingerprint density at radius 1 is 1.42 bits per heavy atom. The largest absolute Gasteiger partial charge is 0.462 e. The number of esters is 1. The Kier molecular flexibility index (Phi) is 6.01. The topological polar surface area (TPSA) is 68.5 Å². The van der Waals surface area contributed by atoms with Crippen molar-refractivity contribution in [1.82, 2.24) is 5.32 Å². The highest BCUT2D eigenvalue weighted by molar-refractivity contribution is 8.14. The Balaban J connectivity index is 1.84. The SMILES string of the molecule is CCCOC(=O)c1cc(-c2ccc(/C=C3\SC(S)NC3=O)o2)ccc1Cl. The molecule has 1 fully saturated rings. The average molecular weight is 410 g/mol. The molecule has 1 aromatic heterocycles. The summed E-state index contributed by atoms with van der Waals surface area (Å²) in [5, 5.41) is 3.00. The fourth-order valence-electron chi connectivity index (χ4n) is 2.31. The molecule has 5 nitrogen and oxygen atoms in total. The van der Waals surface area contributed by atoms with Gasteiger partial charge >= 0.3 is 5.97 Å². The van der Waals surface area contributed by atoms with Crippen LogP contribution in [0.5, 0.6) is 0 Å².